The fraction of sp³-hybridized carbons (Fsp3) is 0.455. The highest BCUT2D eigenvalue weighted by Crippen LogP contribution is 2.20. The van der Waals surface area contributed by atoms with E-state index >= 15 is 0 Å². The Labute approximate surface area is 84.2 Å². The zero-order chi connectivity index (χ0) is 9.68. The SMILES string of the molecule is CCCSCc1ccc(O)cc1C. The van der Waals surface area contributed by atoms with Crippen molar-refractivity contribution < 1.29 is 5.11 Å². The molecule has 72 valence electrons. The molecule has 0 amide bonds. The molecule has 0 fully saturated rings. The first-order chi connectivity index (χ1) is 6.24. The van der Waals surface area contributed by atoms with E-state index in [1.807, 2.05) is 30.8 Å². The number of phenolic OH excluding ortho intramolecular Hbond substituents is 1. The van der Waals surface area contributed by atoms with Crippen LogP contribution in [0.4, 0.5) is 0 Å². The van der Waals surface area contributed by atoms with Gasteiger partial charge in [-0.05, 0) is 42.4 Å². The lowest BCUT2D eigenvalue weighted by Gasteiger charge is -2.05. The maximum atomic E-state index is 9.20. The molecule has 1 aromatic rings. The average molecular weight is 196 g/mol. The summed E-state index contributed by atoms with van der Waals surface area (Å²) in [6.45, 7) is 4.23. The molecule has 1 N–H and O–H groups in total. The minimum absolute atomic E-state index is 0.363. The highest BCUT2D eigenvalue weighted by molar-refractivity contribution is 7.98. The number of aryl methyl sites for hydroxylation is 1. The van der Waals surface area contributed by atoms with Crippen molar-refractivity contribution in [3.05, 3.63) is 29.3 Å². The number of thioether (sulfide) groups is 1. The molecule has 0 aromatic heterocycles. The maximum Gasteiger partial charge on any atom is 0.115 e. The number of hydrogen-bond donors (Lipinski definition) is 1. The van der Waals surface area contributed by atoms with Gasteiger partial charge in [-0.15, -0.1) is 0 Å². The van der Waals surface area contributed by atoms with Crippen LogP contribution in [0.1, 0.15) is 24.5 Å². The quantitative estimate of drug-likeness (QED) is 0.745. The Morgan fingerprint density at radius 2 is 2.15 bits per heavy atom. The van der Waals surface area contributed by atoms with Gasteiger partial charge < -0.3 is 5.11 Å². The van der Waals surface area contributed by atoms with Gasteiger partial charge >= 0.3 is 0 Å². The molecule has 0 aliphatic rings. The smallest absolute Gasteiger partial charge is 0.115 e. The predicted molar refractivity (Wildman–Crippen MR) is 59.3 cm³/mol. The summed E-state index contributed by atoms with van der Waals surface area (Å²) in [5, 5.41) is 9.20. The molecule has 0 unspecified atom stereocenters. The Bertz CT molecular complexity index is 271. The van der Waals surface area contributed by atoms with Crippen LogP contribution < -0.4 is 0 Å². The second-order valence-electron chi connectivity index (χ2n) is 3.16. The molecule has 0 atom stereocenters. The first kappa shape index (κ1) is 10.5. The minimum atomic E-state index is 0.363. The van der Waals surface area contributed by atoms with Gasteiger partial charge in [0.1, 0.15) is 5.75 Å². The largest absolute Gasteiger partial charge is 0.508 e. The molecule has 1 aromatic carbocycles. The molecule has 0 aliphatic carbocycles. The third-order valence-corrected chi connectivity index (χ3v) is 3.14. The normalized spacial score (nSPS) is 10.3. The van der Waals surface area contributed by atoms with Gasteiger partial charge in [-0.2, -0.15) is 11.8 Å². The van der Waals surface area contributed by atoms with Crippen LogP contribution in [-0.2, 0) is 5.75 Å². The fourth-order valence-electron chi connectivity index (χ4n) is 1.17. The number of rotatable bonds is 4. The minimum Gasteiger partial charge on any atom is -0.508 e. The molecule has 0 radical (unpaired) electrons. The third-order valence-electron chi connectivity index (χ3n) is 1.93. The van der Waals surface area contributed by atoms with Crippen LogP contribution in [0, 0.1) is 6.92 Å². The molecule has 0 saturated heterocycles. The Kier molecular flexibility index (Phi) is 4.16. The van der Waals surface area contributed by atoms with E-state index in [0.717, 1.165) is 5.75 Å². The number of hydrogen-bond acceptors (Lipinski definition) is 2. The van der Waals surface area contributed by atoms with Crippen LogP contribution in [0.2, 0.25) is 0 Å². The molecule has 0 bridgehead atoms. The van der Waals surface area contributed by atoms with Crippen molar-refractivity contribution in [2.45, 2.75) is 26.0 Å². The van der Waals surface area contributed by atoms with Crippen molar-refractivity contribution in [3.8, 4) is 5.75 Å². The summed E-state index contributed by atoms with van der Waals surface area (Å²) in [6.07, 6.45) is 1.22. The van der Waals surface area contributed by atoms with Gasteiger partial charge in [0.05, 0.1) is 0 Å². The van der Waals surface area contributed by atoms with Gasteiger partial charge in [-0.1, -0.05) is 13.0 Å². The van der Waals surface area contributed by atoms with Crippen LogP contribution >= 0.6 is 11.8 Å². The molecule has 13 heavy (non-hydrogen) atoms. The summed E-state index contributed by atoms with van der Waals surface area (Å²) in [5.41, 5.74) is 2.51. The average Bonchev–Trinajstić information content (AvgIpc) is 2.09. The summed E-state index contributed by atoms with van der Waals surface area (Å²) >= 11 is 1.94. The Morgan fingerprint density at radius 1 is 1.38 bits per heavy atom. The van der Waals surface area contributed by atoms with Gasteiger partial charge in [-0.25, -0.2) is 0 Å². The summed E-state index contributed by atoms with van der Waals surface area (Å²) in [7, 11) is 0. The van der Waals surface area contributed by atoms with E-state index in [4.69, 9.17) is 0 Å². The van der Waals surface area contributed by atoms with Gasteiger partial charge in [0.2, 0.25) is 0 Å². The first-order valence-electron chi connectivity index (χ1n) is 4.60. The lowest BCUT2D eigenvalue weighted by atomic mass is 10.1. The van der Waals surface area contributed by atoms with Crippen molar-refractivity contribution >= 4 is 11.8 Å². The summed E-state index contributed by atoms with van der Waals surface area (Å²) < 4.78 is 0. The maximum absolute atomic E-state index is 9.20. The topological polar surface area (TPSA) is 20.2 Å². The van der Waals surface area contributed by atoms with E-state index in [0.29, 0.717) is 5.75 Å². The molecule has 0 saturated carbocycles. The molecular weight excluding hydrogens is 180 g/mol. The van der Waals surface area contributed by atoms with Crippen molar-refractivity contribution in [2.24, 2.45) is 0 Å². The van der Waals surface area contributed by atoms with E-state index in [1.54, 1.807) is 6.07 Å². The van der Waals surface area contributed by atoms with Crippen LogP contribution in [0.15, 0.2) is 18.2 Å². The summed E-state index contributed by atoms with van der Waals surface area (Å²) in [5.74, 6) is 2.63. The Balaban J connectivity index is 2.56. The van der Waals surface area contributed by atoms with Gasteiger partial charge in [0, 0.05) is 5.75 Å². The standard InChI is InChI=1S/C11H16OS/c1-3-6-13-8-10-4-5-11(12)7-9(10)2/h4-5,7,12H,3,6,8H2,1-2H3. The summed E-state index contributed by atoms with van der Waals surface area (Å²) in [4.78, 5) is 0. The molecular formula is C11H16OS. The van der Waals surface area contributed by atoms with E-state index in [2.05, 4.69) is 6.92 Å². The van der Waals surface area contributed by atoms with Crippen molar-refractivity contribution in [2.75, 3.05) is 5.75 Å². The van der Waals surface area contributed by atoms with Crippen LogP contribution in [0.25, 0.3) is 0 Å². The van der Waals surface area contributed by atoms with Gasteiger partial charge in [-0.3, -0.25) is 0 Å². The van der Waals surface area contributed by atoms with E-state index in [9.17, 15) is 5.11 Å². The van der Waals surface area contributed by atoms with Crippen LogP contribution in [0.5, 0.6) is 5.75 Å². The number of benzene rings is 1. The van der Waals surface area contributed by atoms with Gasteiger partial charge in [0.15, 0.2) is 0 Å². The van der Waals surface area contributed by atoms with Crippen LogP contribution in [0.3, 0.4) is 0 Å². The van der Waals surface area contributed by atoms with Gasteiger partial charge in [0.25, 0.3) is 0 Å². The highest BCUT2D eigenvalue weighted by Gasteiger charge is 1.98. The second-order valence-corrected chi connectivity index (χ2v) is 4.27. The van der Waals surface area contributed by atoms with E-state index in [1.165, 1.54) is 23.3 Å². The molecule has 1 nitrogen and oxygen atoms in total. The predicted octanol–water partition coefficient (Wildman–Crippen LogP) is 3.34. The Hall–Kier alpha value is -0.630. The molecule has 0 aliphatic heterocycles. The second kappa shape index (κ2) is 5.18. The highest BCUT2D eigenvalue weighted by atomic mass is 32.2. The molecule has 2 heteroatoms. The van der Waals surface area contributed by atoms with Crippen molar-refractivity contribution in [1.29, 1.82) is 0 Å². The van der Waals surface area contributed by atoms with E-state index in [-0.39, 0.29) is 0 Å². The first-order valence-corrected chi connectivity index (χ1v) is 5.75. The van der Waals surface area contributed by atoms with Crippen molar-refractivity contribution in [1.82, 2.24) is 0 Å². The molecule has 0 spiro atoms. The number of aromatic hydroxyl groups is 1. The lowest BCUT2D eigenvalue weighted by molar-refractivity contribution is 0.474. The molecule has 0 heterocycles. The zero-order valence-corrected chi connectivity index (χ0v) is 9.03. The monoisotopic (exact) mass is 196 g/mol. The summed E-state index contributed by atoms with van der Waals surface area (Å²) in [6, 6.07) is 5.59. The van der Waals surface area contributed by atoms with Crippen LogP contribution in [-0.4, -0.2) is 10.9 Å². The number of phenols is 1. The van der Waals surface area contributed by atoms with E-state index < -0.39 is 0 Å². The fourth-order valence-corrected chi connectivity index (χ4v) is 2.15. The lowest BCUT2D eigenvalue weighted by Crippen LogP contribution is -1.86. The zero-order valence-electron chi connectivity index (χ0n) is 8.21. The molecule has 1 rings (SSSR count). The Morgan fingerprint density at radius 3 is 2.77 bits per heavy atom. The van der Waals surface area contributed by atoms with Crippen molar-refractivity contribution in [3.63, 3.8) is 0 Å². The third kappa shape index (κ3) is 3.31.